The van der Waals surface area contributed by atoms with Gasteiger partial charge in [0, 0.05) is 17.1 Å². The van der Waals surface area contributed by atoms with Gasteiger partial charge in [0.2, 0.25) is 0 Å². The van der Waals surface area contributed by atoms with Crippen LogP contribution >= 0.6 is 11.3 Å². The Balaban J connectivity index is 1.85. The molecule has 0 fully saturated rings. The minimum atomic E-state index is -4.81. The number of thiophene rings is 1. The number of hydrogen-bond acceptors (Lipinski definition) is 5. The van der Waals surface area contributed by atoms with Gasteiger partial charge in [-0.05, 0) is 48.2 Å². The average molecular weight is 388 g/mol. The molecule has 0 bridgehead atoms. The topological polar surface area (TPSA) is 87.7 Å². The third-order valence-electron chi connectivity index (χ3n) is 3.21. The molecule has 0 aliphatic rings. The van der Waals surface area contributed by atoms with Gasteiger partial charge in [0.1, 0.15) is 11.9 Å². The van der Waals surface area contributed by atoms with Crippen LogP contribution in [0.5, 0.6) is 5.75 Å². The van der Waals surface area contributed by atoms with Crippen molar-refractivity contribution in [1.29, 1.82) is 0 Å². The van der Waals surface area contributed by atoms with E-state index in [1.165, 1.54) is 11.3 Å². The lowest BCUT2D eigenvalue weighted by atomic mass is 10.2. The van der Waals surface area contributed by atoms with Crippen molar-refractivity contribution in [2.45, 2.75) is 19.4 Å². The predicted molar refractivity (Wildman–Crippen MR) is 88.8 cm³/mol. The Morgan fingerprint density at radius 1 is 1.19 bits per heavy atom. The zero-order valence-corrected chi connectivity index (χ0v) is 14.3. The van der Waals surface area contributed by atoms with Gasteiger partial charge in [-0.15, -0.1) is 24.5 Å². The maximum atomic E-state index is 12.1. The molecule has 1 aromatic carbocycles. The van der Waals surface area contributed by atoms with Gasteiger partial charge >= 0.3 is 18.2 Å². The van der Waals surface area contributed by atoms with E-state index in [4.69, 9.17) is 0 Å². The molecule has 0 saturated heterocycles. The first-order valence-corrected chi connectivity index (χ1v) is 8.20. The van der Waals surface area contributed by atoms with Crippen molar-refractivity contribution >= 4 is 28.8 Å². The second-order valence-corrected chi connectivity index (χ2v) is 6.17. The molecule has 0 aliphatic carbocycles. The van der Waals surface area contributed by atoms with E-state index in [1.54, 1.807) is 5.38 Å². The number of aryl methyl sites for hydroxylation is 1. The third kappa shape index (κ3) is 5.74. The van der Waals surface area contributed by atoms with E-state index in [-0.39, 0.29) is 12.2 Å². The van der Waals surface area contributed by atoms with Crippen LogP contribution in [0.2, 0.25) is 0 Å². The zero-order valence-electron chi connectivity index (χ0n) is 13.5. The summed E-state index contributed by atoms with van der Waals surface area (Å²) in [5, 5.41) is 16.3. The highest BCUT2D eigenvalue weighted by Gasteiger charge is 2.31. The number of rotatable bonds is 5. The van der Waals surface area contributed by atoms with Crippen LogP contribution in [0.25, 0.3) is 0 Å². The van der Waals surface area contributed by atoms with Gasteiger partial charge in [-0.2, -0.15) is 0 Å². The molecule has 6 nitrogen and oxygen atoms in total. The van der Waals surface area contributed by atoms with Crippen molar-refractivity contribution in [1.82, 2.24) is 5.32 Å². The van der Waals surface area contributed by atoms with Crippen molar-refractivity contribution in [3.05, 3.63) is 46.2 Å². The summed E-state index contributed by atoms with van der Waals surface area (Å²) in [6.45, 7) is 1.67. The number of aliphatic hydroxyl groups is 1. The number of halogens is 3. The highest BCUT2D eigenvalue weighted by molar-refractivity contribution is 7.10. The number of hydrogen-bond donors (Lipinski definition) is 3. The molecule has 1 heterocycles. The summed E-state index contributed by atoms with van der Waals surface area (Å²) >= 11 is 1.33. The van der Waals surface area contributed by atoms with Crippen molar-refractivity contribution < 1.29 is 32.6 Å². The molecule has 3 N–H and O–H groups in total. The second-order valence-electron chi connectivity index (χ2n) is 5.22. The van der Waals surface area contributed by atoms with Crippen molar-refractivity contribution in [2.75, 3.05) is 11.9 Å². The molecule has 2 amide bonds. The summed E-state index contributed by atoms with van der Waals surface area (Å²) in [5.41, 5.74) is 0.997. The number of alkyl halides is 3. The Bertz CT molecular complexity index is 775. The van der Waals surface area contributed by atoms with E-state index >= 15 is 0 Å². The van der Waals surface area contributed by atoms with Crippen LogP contribution in [-0.2, 0) is 9.59 Å². The molecule has 2 aromatic rings. The number of ether oxygens (including phenoxy) is 1. The summed E-state index contributed by atoms with van der Waals surface area (Å²) in [5.74, 6) is -2.44. The van der Waals surface area contributed by atoms with Crippen LogP contribution in [0.4, 0.5) is 18.9 Å². The van der Waals surface area contributed by atoms with Crippen LogP contribution < -0.4 is 15.4 Å². The third-order valence-corrected chi connectivity index (χ3v) is 4.33. The molecule has 2 rings (SSSR count). The van der Waals surface area contributed by atoms with Gasteiger partial charge in [0.25, 0.3) is 0 Å². The number of carbonyl (C=O) groups is 2. The molecule has 1 aromatic heterocycles. The first-order chi connectivity index (χ1) is 12.2. The molecule has 0 radical (unpaired) electrons. The summed E-state index contributed by atoms with van der Waals surface area (Å²) in [6.07, 6.45) is -5.75. The molecular formula is C16H15F3N2O4S. The van der Waals surface area contributed by atoms with E-state index < -0.39 is 30.0 Å². The monoisotopic (exact) mass is 388 g/mol. The first kappa shape index (κ1) is 19.7. The second kappa shape index (κ2) is 8.19. The van der Waals surface area contributed by atoms with E-state index in [0.717, 1.165) is 29.8 Å². The molecule has 0 spiro atoms. The highest BCUT2D eigenvalue weighted by Crippen LogP contribution is 2.24. The smallest absolute Gasteiger partial charge is 0.406 e. The lowest BCUT2D eigenvalue weighted by molar-refractivity contribution is -0.274. The van der Waals surface area contributed by atoms with Gasteiger partial charge in [0.05, 0.1) is 0 Å². The van der Waals surface area contributed by atoms with E-state index in [9.17, 15) is 27.9 Å². The Kier molecular flexibility index (Phi) is 6.22. The SMILES string of the molecule is Cc1ccsc1C(O)CNC(=O)C(=O)Nc1ccc(OC(F)(F)F)cc1. The predicted octanol–water partition coefficient (Wildman–Crippen LogP) is 2.74. The fourth-order valence-corrected chi connectivity index (χ4v) is 2.93. The summed E-state index contributed by atoms with van der Waals surface area (Å²) in [4.78, 5) is 24.2. The van der Waals surface area contributed by atoms with E-state index in [0.29, 0.717) is 4.88 Å². The molecule has 0 aliphatic heterocycles. The quantitative estimate of drug-likeness (QED) is 0.688. The normalized spacial score (nSPS) is 12.3. The maximum absolute atomic E-state index is 12.1. The zero-order chi connectivity index (χ0) is 19.3. The minimum Gasteiger partial charge on any atom is -0.406 e. The number of aliphatic hydroxyl groups excluding tert-OH is 1. The Morgan fingerprint density at radius 2 is 1.85 bits per heavy atom. The summed E-state index contributed by atoms with van der Waals surface area (Å²) in [7, 11) is 0. The lowest BCUT2D eigenvalue weighted by Gasteiger charge is -2.12. The van der Waals surface area contributed by atoms with Crippen molar-refractivity contribution in [3.8, 4) is 5.75 Å². The average Bonchev–Trinajstić information content (AvgIpc) is 2.99. The Hall–Kier alpha value is -2.59. The van der Waals surface area contributed by atoms with Crippen LogP contribution in [0, 0.1) is 6.92 Å². The molecule has 26 heavy (non-hydrogen) atoms. The van der Waals surface area contributed by atoms with Gasteiger partial charge in [-0.3, -0.25) is 9.59 Å². The molecule has 140 valence electrons. The molecule has 0 saturated carbocycles. The fourth-order valence-electron chi connectivity index (χ4n) is 2.02. The maximum Gasteiger partial charge on any atom is 0.573 e. The summed E-state index contributed by atoms with van der Waals surface area (Å²) < 4.78 is 39.9. The first-order valence-electron chi connectivity index (χ1n) is 7.33. The van der Waals surface area contributed by atoms with Gasteiger partial charge in [0.15, 0.2) is 0 Å². The largest absolute Gasteiger partial charge is 0.573 e. The summed E-state index contributed by atoms with van der Waals surface area (Å²) in [6, 6.07) is 6.16. The number of carbonyl (C=O) groups excluding carboxylic acids is 2. The Labute approximate surface area is 150 Å². The van der Waals surface area contributed by atoms with Gasteiger partial charge in [-0.25, -0.2) is 0 Å². The number of benzene rings is 1. The van der Waals surface area contributed by atoms with Crippen LogP contribution in [-0.4, -0.2) is 29.8 Å². The van der Waals surface area contributed by atoms with Crippen LogP contribution in [0.15, 0.2) is 35.7 Å². The lowest BCUT2D eigenvalue weighted by Crippen LogP contribution is -2.37. The highest BCUT2D eigenvalue weighted by atomic mass is 32.1. The molecule has 1 atom stereocenters. The standard InChI is InChI=1S/C16H15F3N2O4S/c1-9-6-7-26-13(9)12(22)8-20-14(23)15(24)21-10-2-4-11(5-3-10)25-16(17,18)19/h2-7,12,22H,8H2,1H3,(H,20,23)(H,21,24). The van der Waals surface area contributed by atoms with E-state index in [2.05, 4.69) is 15.4 Å². The van der Waals surface area contributed by atoms with Crippen molar-refractivity contribution in [2.24, 2.45) is 0 Å². The van der Waals surface area contributed by atoms with Crippen LogP contribution in [0.3, 0.4) is 0 Å². The minimum absolute atomic E-state index is 0.120. The van der Waals surface area contributed by atoms with Gasteiger partial charge < -0.3 is 20.5 Å². The van der Waals surface area contributed by atoms with Gasteiger partial charge in [-0.1, -0.05) is 0 Å². The molecular weight excluding hydrogens is 373 g/mol. The van der Waals surface area contributed by atoms with E-state index in [1.807, 2.05) is 13.0 Å². The molecule has 10 heteroatoms. The Morgan fingerprint density at radius 3 is 2.38 bits per heavy atom. The molecule has 1 unspecified atom stereocenters. The number of nitrogens with one attached hydrogen (secondary N) is 2. The van der Waals surface area contributed by atoms with Crippen LogP contribution in [0.1, 0.15) is 16.5 Å². The number of anilines is 1. The fraction of sp³-hybridized carbons (Fsp3) is 0.250. The van der Waals surface area contributed by atoms with Crippen molar-refractivity contribution in [3.63, 3.8) is 0 Å². The number of amides is 2.